The lowest BCUT2D eigenvalue weighted by molar-refractivity contribution is -0.384. The quantitative estimate of drug-likeness (QED) is 0.453. The van der Waals surface area contributed by atoms with Gasteiger partial charge < -0.3 is 20.3 Å². The van der Waals surface area contributed by atoms with Crippen molar-refractivity contribution < 1.29 is 14.5 Å². The van der Waals surface area contributed by atoms with Gasteiger partial charge in [-0.2, -0.15) is 0 Å². The molecule has 8 heteroatoms. The zero-order chi connectivity index (χ0) is 15.8. The van der Waals surface area contributed by atoms with E-state index in [2.05, 4.69) is 10.6 Å². The Kier molecular flexibility index (Phi) is 6.41. The van der Waals surface area contributed by atoms with Crippen molar-refractivity contribution in [1.82, 2.24) is 10.2 Å². The molecule has 1 aromatic rings. The predicted octanol–water partition coefficient (Wildman–Crippen LogP) is 1.68. The summed E-state index contributed by atoms with van der Waals surface area (Å²) in [4.78, 5) is 24.1. The molecular formula is C13H20N4O4. The summed E-state index contributed by atoms with van der Waals surface area (Å²) in [6.07, 6.45) is 0.797. The van der Waals surface area contributed by atoms with E-state index in [0.29, 0.717) is 12.3 Å². The van der Waals surface area contributed by atoms with Crippen LogP contribution in [0.2, 0.25) is 0 Å². The third-order valence-corrected chi connectivity index (χ3v) is 2.72. The van der Waals surface area contributed by atoms with Crippen LogP contribution in [0.5, 0.6) is 5.75 Å². The number of nitrogens with zero attached hydrogens (tertiary/aromatic N) is 2. The number of carbonyl (C=O) groups excluding carboxylic acids is 1. The van der Waals surface area contributed by atoms with E-state index in [1.165, 1.54) is 19.2 Å². The first kappa shape index (κ1) is 16.7. The molecule has 0 aromatic heterocycles. The number of benzene rings is 1. The number of rotatable bonds is 7. The van der Waals surface area contributed by atoms with Crippen LogP contribution in [0.3, 0.4) is 0 Å². The molecule has 0 atom stereocenters. The van der Waals surface area contributed by atoms with Crippen LogP contribution in [0.15, 0.2) is 18.2 Å². The number of anilines is 1. The van der Waals surface area contributed by atoms with Crippen molar-refractivity contribution in [2.24, 2.45) is 0 Å². The number of methoxy groups -OCH3 is 1. The van der Waals surface area contributed by atoms with E-state index in [1.807, 2.05) is 19.0 Å². The Bertz CT molecular complexity index is 505. The van der Waals surface area contributed by atoms with Crippen molar-refractivity contribution in [2.45, 2.75) is 6.42 Å². The van der Waals surface area contributed by atoms with E-state index in [-0.39, 0.29) is 11.4 Å². The number of amides is 2. The third-order valence-electron chi connectivity index (χ3n) is 2.72. The third kappa shape index (κ3) is 5.65. The molecule has 0 bridgehead atoms. The first-order chi connectivity index (χ1) is 9.93. The molecule has 0 aliphatic carbocycles. The second-order valence-electron chi connectivity index (χ2n) is 4.68. The van der Waals surface area contributed by atoms with E-state index < -0.39 is 11.0 Å². The molecule has 0 heterocycles. The van der Waals surface area contributed by atoms with E-state index >= 15 is 0 Å². The maximum atomic E-state index is 11.7. The lowest BCUT2D eigenvalue weighted by Gasteiger charge is -2.11. The van der Waals surface area contributed by atoms with Crippen LogP contribution >= 0.6 is 0 Å². The molecule has 0 fully saturated rings. The molecule has 1 aromatic carbocycles. The molecular weight excluding hydrogens is 276 g/mol. The highest BCUT2D eigenvalue weighted by atomic mass is 16.6. The average molecular weight is 296 g/mol. The van der Waals surface area contributed by atoms with Gasteiger partial charge in [0.2, 0.25) is 0 Å². The standard InChI is InChI=1S/C13H20N4O4/c1-16(2)8-4-7-14-13(18)15-11-6-5-10(21-3)9-12(11)17(19)20/h5-6,9H,4,7-8H2,1-3H3,(H2,14,15,18). The Morgan fingerprint density at radius 2 is 2.14 bits per heavy atom. The van der Waals surface area contributed by atoms with Crippen molar-refractivity contribution >= 4 is 17.4 Å². The van der Waals surface area contributed by atoms with Gasteiger partial charge in [-0.05, 0) is 39.2 Å². The summed E-state index contributed by atoms with van der Waals surface area (Å²) in [7, 11) is 5.31. The topological polar surface area (TPSA) is 96.7 Å². The smallest absolute Gasteiger partial charge is 0.319 e. The van der Waals surface area contributed by atoms with E-state index in [4.69, 9.17) is 4.74 Å². The number of nitro groups is 1. The predicted molar refractivity (Wildman–Crippen MR) is 79.8 cm³/mol. The second kappa shape index (κ2) is 8.05. The summed E-state index contributed by atoms with van der Waals surface area (Å²) < 4.78 is 4.93. The molecule has 0 saturated heterocycles. The molecule has 0 aliphatic heterocycles. The number of nitro benzene ring substituents is 1. The molecule has 8 nitrogen and oxygen atoms in total. The van der Waals surface area contributed by atoms with Gasteiger partial charge in [0.25, 0.3) is 5.69 Å². The van der Waals surface area contributed by atoms with Crippen molar-refractivity contribution in [3.8, 4) is 5.75 Å². The fourth-order valence-corrected chi connectivity index (χ4v) is 1.66. The summed E-state index contributed by atoms with van der Waals surface area (Å²) in [5.41, 5.74) is -0.0799. The first-order valence-corrected chi connectivity index (χ1v) is 6.46. The fraction of sp³-hybridized carbons (Fsp3) is 0.462. The van der Waals surface area contributed by atoms with Crippen molar-refractivity contribution in [2.75, 3.05) is 39.6 Å². The zero-order valence-electron chi connectivity index (χ0n) is 12.4. The molecule has 2 amide bonds. The van der Waals surface area contributed by atoms with Gasteiger partial charge in [0.1, 0.15) is 11.4 Å². The van der Waals surface area contributed by atoms with E-state index in [0.717, 1.165) is 13.0 Å². The van der Waals surface area contributed by atoms with Gasteiger partial charge in [-0.15, -0.1) is 0 Å². The number of nitrogens with one attached hydrogen (secondary N) is 2. The lowest BCUT2D eigenvalue weighted by atomic mass is 10.2. The number of ether oxygens (including phenoxy) is 1. The van der Waals surface area contributed by atoms with Crippen molar-refractivity contribution in [1.29, 1.82) is 0 Å². The van der Waals surface area contributed by atoms with Gasteiger partial charge in [-0.1, -0.05) is 0 Å². The maximum absolute atomic E-state index is 11.7. The molecule has 2 N–H and O–H groups in total. The van der Waals surface area contributed by atoms with E-state index in [1.54, 1.807) is 6.07 Å². The summed E-state index contributed by atoms with van der Waals surface area (Å²) in [6.45, 7) is 1.34. The first-order valence-electron chi connectivity index (χ1n) is 6.46. The highest BCUT2D eigenvalue weighted by molar-refractivity contribution is 5.91. The van der Waals surface area contributed by atoms with Crippen LogP contribution in [0.25, 0.3) is 0 Å². The number of urea groups is 1. The zero-order valence-corrected chi connectivity index (χ0v) is 12.4. The Morgan fingerprint density at radius 1 is 1.43 bits per heavy atom. The fourth-order valence-electron chi connectivity index (χ4n) is 1.66. The minimum Gasteiger partial charge on any atom is -0.496 e. The lowest BCUT2D eigenvalue weighted by Crippen LogP contribution is -2.31. The molecule has 0 spiro atoms. The Morgan fingerprint density at radius 3 is 2.71 bits per heavy atom. The average Bonchev–Trinajstić information content (AvgIpc) is 2.43. The SMILES string of the molecule is COc1ccc(NC(=O)NCCCN(C)C)c([N+](=O)[O-])c1. The normalized spacial score (nSPS) is 10.3. The highest BCUT2D eigenvalue weighted by Crippen LogP contribution is 2.28. The van der Waals surface area contributed by atoms with Crippen LogP contribution < -0.4 is 15.4 Å². The Hall–Kier alpha value is -2.35. The van der Waals surface area contributed by atoms with E-state index in [9.17, 15) is 14.9 Å². The van der Waals surface area contributed by atoms with Crippen LogP contribution in [-0.4, -0.2) is 50.1 Å². The number of hydrogen-bond acceptors (Lipinski definition) is 5. The molecule has 21 heavy (non-hydrogen) atoms. The molecule has 1 rings (SSSR count). The van der Waals surface area contributed by atoms with Gasteiger partial charge in [0.05, 0.1) is 18.1 Å². The van der Waals surface area contributed by atoms with Gasteiger partial charge in [0.15, 0.2) is 0 Å². The monoisotopic (exact) mass is 296 g/mol. The molecule has 0 unspecified atom stereocenters. The van der Waals surface area contributed by atoms with Gasteiger partial charge >= 0.3 is 6.03 Å². The summed E-state index contributed by atoms with van der Waals surface area (Å²) >= 11 is 0. The summed E-state index contributed by atoms with van der Waals surface area (Å²) in [6, 6.07) is 3.79. The van der Waals surface area contributed by atoms with Crippen LogP contribution in [0.4, 0.5) is 16.2 Å². The van der Waals surface area contributed by atoms with Crippen LogP contribution in [0, 0.1) is 10.1 Å². The Balaban J connectivity index is 2.61. The second-order valence-corrected chi connectivity index (χ2v) is 4.68. The minimum absolute atomic E-state index is 0.130. The highest BCUT2D eigenvalue weighted by Gasteiger charge is 2.16. The van der Waals surface area contributed by atoms with Crippen LogP contribution in [0.1, 0.15) is 6.42 Å². The van der Waals surface area contributed by atoms with Gasteiger partial charge in [-0.25, -0.2) is 4.79 Å². The van der Waals surface area contributed by atoms with Gasteiger partial charge in [-0.3, -0.25) is 10.1 Å². The van der Waals surface area contributed by atoms with Crippen molar-refractivity contribution in [3.05, 3.63) is 28.3 Å². The minimum atomic E-state index is -0.565. The molecule has 0 aliphatic rings. The molecule has 0 radical (unpaired) electrons. The number of hydrogen-bond donors (Lipinski definition) is 2. The van der Waals surface area contributed by atoms with Gasteiger partial charge in [0, 0.05) is 6.54 Å². The van der Waals surface area contributed by atoms with Crippen LogP contribution in [-0.2, 0) is 0 Å². The summed E-state index contributed by atoms with van der Waals surface area (Å²) in [5, 5.41) is 16.1. The molecule has 116 valence electrons. The largest absolute Gasteiger partial charge is 0.496 e. The molecule has 0 saturated carbocycles. The number of carbonyl (C=O) groups is 1. The Labute approximate surface area is 123 Å². The maximum Gasteiger partial charge on any atom is 0.319 e. The summed E-state index contributed by atoms with van der Waals surface area (Å²) in [5.74, 6) is 0.360. The van der Waals surface area contributed by atoms with Crippen molar-refractivity contribution in [3.63, 3.8) is 0 Å².